The fraction of sp³-hybridized carbons (Fsp3) is 0.100. The standard InChI is InChI=1S/C20H15ClFNO3/c1-12(26-20(25)18-16(21)7-4-8-17(18)22)19(24)23-15-10-9-13-5-2-3-6-14(13)11-15/h2-12H,1H3,(H,23,24)/t12-/m1/s1. The van der Waals surface area contributed by atoms with Gasteiger partial charge in [-0.3, -0.25) is 4.79 Å². The summed E-state index contributed by atoms with van der Waals surface area (Å²) in [7, 11) is 0. The van der Waals surface area contributed by atoms with Gasteiger partial charge in [0.2, 0.25) is 0 Å². The Kier molecular flexibility index (Phi) is 5.19. The predicted octanol–water partition coefficient (Wildman–Crippen LogP) is 4.82. The summed E-state index contributed by atoms with van der Waals surface area (Å²) in [6.07, 6.45) is -1.12. The minimum Gasteiger partial charge on any atom is -0.449 e. The van der Waals surface area contributed by atoms with Gasteiger partial charge in [-0.25, -0.2) is 9.18 Å². The van der Waals surface area contributed by atoms with Crippen molar-refractivity contribution in [3.63, 3.8) is 0 Å². The van der Waals surface area contributed by atoms with E-state index in [1.807, 2.05) is 36.4 Å². The fourth-order valence-corrected chi connectivity index (χ4v) is 2.72. The van der Waals surface area contributed by atoms with E-state index in [2.05, 4.69) is 5.32 Å². The lowest BCUT2D eigenvalue weighted by molar-refractivity contribution is -0.123. The van der Waals surface area contributed by atoms with Crippen LogP contribution in [0.15, 0.2) is 60.7 Å². The smallest absolute Gasteiger partial charge is 0.343 e. The lowest BCUT2D eigenvalue weighted by atomic mass is 10.1. The van der Waals surface area contributed by atoms with Crippen LogP contribution in [-0.4, -0.2) is 18.0 Å². The lowest BCUT2D eigenvalue weighted by Gasteiger charge is -2.14. The molecule has 0 heterocycles. The highest BCUT2D eigenvalue weighted by Gasteiger charge is 2.23. The molecule has 1 amide bonds. The number of hydrogen-bond acceptors (Lipinski definition) is 3. The number of esters is 1. The van der Waals surface area contributed by atoms with Gasteiger partial charge in [-0.2, -0.15) is 0 Å². The molecule has 132 valence electrons. The molecule has 0 fully saturated rings. The number of carbonyl (C=O) groups is 2. The molecule has 4 nitrogen and oxygen atoms in total. The lowest BCUT2D eigenvalue weighted by Crippen LogP contribution is -2.30. The first kappa shape index (κ1) is 17.9. The molecule has 0 saturated heterocycles. The summed E-state index contributed by atoms with van der Waals surface area (Å²) in [6, 6.07) is 17.0. The molecule has 0 saturated carbocycles. The van der Waals surface area contributed by atoms with Gasteiger partial charge >= 0.3 is 5.97 Å². The van der Waals surface area contributed by atoms with Crippen LogP contribution < -0.4 is 5.32 Å². The maximum absolute atomic E-state index is 13.8. The molecule has 0 aliphatic carbocycles. The number of carbonyl (C=O) groups excluding carboxylic acids is 2. The molecule has 0 radical (unpaired) electrons. The van der Waals surface area contributed by atoms with Crippen molar-refractivity contribution in [2.75, 3.05) is 5.32 Å². The monoisotopic (exact) mass is 371 g/mol. The maximum Gasteiger partial charge on any atom is 0.343 e. The van der Waals surface area contributed by atoms with Gasteiger partial charge in [-0.05, 0) is 42.0 Å². The average Bonchev–Trinajstić information content (AvgIpc) is 2.61. The zero-order valence-corrected chi connectivity index (χ0v) is 14.6. The van der Waals surface area contributed by atoms with Crippen molar-refractivity contribution < 1.29 is 18.7 Å². The second kappa shape index (κ2) is 7.54. The Morgan fingerprint density at radius 1 is 1.04 bits per heavy atom. The quantitative estimate of drug-likeness (QED) is 0.669. The van der Waals surface area contributed by atoms with Crippen LogP contribution in [0, 0.1) is 5.82 Å². The largest absolute Gasteiger partial charge is 0.449 e. The van der Waals surface area contributed by atoms with Crippen LogP contribution in [0.1, 0.15) is 17.3 Å². The average molecular weight is 372 g/mol. The van der Waals surface area contributed by atoms with Crippen molar-refractivity contribution in [3.05, 3.63) is 77.1 Å². The first-order valence-corrected chi connectivity index (χ1v) is 8.28. The van der Waals surface area contributed by atoms with E-state index in [0.29, 0.717) is 5.69 Å². The molecule has 0 aromatic heterocycles. The molecule has 3 rings (SSSR count). The van der Waals surface area contributed by atoms with Crippen LogP contribution in [0.2, 0.25) is 5.02 Å². The SMILES string of the molecule is C[C@@H](OC(=O)c1c(F)cccc1Cl)C(=O)Nc1ccc2ccccc2c1. The van der Waals surface area contributed by atoms with Crippen molar-refractivity contribution in [1.82, 2.24) is 0 Å². The van der Waals surface area contributed by atoms with Crippen LogP contribution >= 0.6 is 11.6 Å². The van der Waals surface area contributed by atoms with E-state index in [1.165, 1.54) is 19.1 Å². The number of fused-ring (bicyclic) bond motifs is 1. The number of anilines is 1. The Balaban J connectivity index is 1.70. The Morgan fingerprint density at radius 3 is 2.50 bits per heavy atom. The van der Waals surface area contributed by atoms with Crippen molar-refractivity contribution in [3.8, 4) is 0 Å². The van der Waals surface area contributed by atoms with Gasteiger partial charge in [0.25, 0.3) is 5.91 Å². The molecule has 3 aromatic rings. The number of amides is 1. The van der Waals surface area contributed by atoms with Crippen LogP contribution in [-0.2, 0) is 9.53 Å². The van der Waals surface area contributed by atoms with E-state index in [1.54, 1.807) is 6.07 Å². The molecule has 6 heteroatoms. The number of hydrogen-bond donors (Lipinski definition) is 1. The van der Waals surface area contributed by atoms with Crippen molar-refractivity contribution in [2.24, 2.45) is 0 Å². The highest BCUT2D eigenvalue weighted by atomic mass is 35.5. The zero-order valence-electron chi connectivity index (χ0n) is 13.8. The minimum absolute atomic E-state index is 0.0721. The van der Waals surface area contributed by atoms with Gasteiger partial charge in [0, 0.05) is 5.69 Å². The summed E-state index contributed by atoms with van der Waals surface area (Å²) in [5.74, 6) is -2.32. The van der Waals surface area contributed by atoms with Crippen LogP contribution in [0.5, 0.6) is 0 Å². The van der Waals surface area contributed by atoms with Crippen molar-refractivity contribution in [2.45, 2.75) is 13.0 Å². The Labute approximate surface area is 154 Å². The van der Waals surface area contributed by atoms with E-state index in [9.17, 15) is 14.0 Å². The third-order valence-corrected chi connectivity index (χ3v) is 4.15. The second-order valence-corrected chi connectivity index (χ2v) is 6.10. The molecule has 0 aliphatic heterocycles. The van der Waals surface area contributed by atoms with E-state index < -0.39 is 23.8 Å². The second-order valence-electron chi connectivity index (χ2n) is 5.70. The van der Waals surface area contributed by atoms with Crippen molar-refractivity contribution in [1.29, 1.82) is 0 Å². The summed E-state index contributed by atoms with van der Waals surface area (Å²) in [4.78, 5) is 24.4. The van der Waals surface area contributed by atoms with E-state index in [4.69, 9.17) is 16.3 Å². The normalized spacial score (nSPS) is 11.8. The number of benzene rings is 3. The van der Waals surface area contributed by atoms with Crippen molar-refractivity contribution >= 4 is 39.9 Å². The zero-order chi connectivity index (χ0) is 18.7. The molecule has 1 atom stereocenters. The van der Waals surface area contributed by atoms with Crippen LogP contribution in [0.3, 0.4) is 0 Å². The molecule has 3 aromatic carbocycles. The molecule has 0 aliphatic rings. The number of nitrogens with one attached hydrogen (secondary N) is 1. The third-order valence-electron chi connectivity index (χ3n) is 3.84. The highest BCUT2D eigenvalue weighted by Crippen LogP contribution is 2.21. The van der Waals surface area contributed by atoms with E-state index in [-0.39, 0.29) is 10.6 Å². The van der Waals surface area contributed by atoms with Gasteiger partial charge in [0.1, 0.15) is 11.4 Å². The third kappa shape index (κ3) is 3.83. The topological polar surface area (TPSA) is 55.4 Å². The van der Waals surface area contributed by atoms with Crippen LogP contribution in [0.4, 0.5) is 10.1 Å². The predicted molar refractivity (Wildman–Crippen MR) is 98.9 cm³/mol. The maximum atomic E-state index is 13.8. The number of ether oxygens (including phenoxy) is 1. The fourth-order valence-electron chi connectivity index (χ4n) is 2.48. The van der Waals surface area contributed by atoms with Gasteiger partial charge < -0.3 is 10.1 Å². The molecular weight excluding hydrogens is 357 g/mol. The summed E-state index contributed by atoms with van der Waals surface area (Å²) in [6.45, 7) is 1.41. The van der Waals surface area contributed by atoms with E-state index in [0.717, 1.165) is 16.8 Å². The Bertz CT molecular complexity index is 969. The van der Waals surface area contributed by atoms with Gasteiger partial charge in [-0.15, -0.1) is 0 Å². The summed E-state index contributed by atoms with van der Waals surface area (Å²) < 4.78 is 18.8. The minimum atomic E-state index is -1.12. The first-order chi connectivity index (χ1) is 12.5. The van der Waals surface area contributed by atoms with Crippen LogP contribution in [0.25, 0.3) is 10.8 Å². The Hall–Kier alpha value is -2.92. The van der Waals surface area contributed by atoms with Gasteiger partial charge in [0.05, 0.1) is 5.02 Å². The first-order valence-electron chi connectivity index (χ1n) is 7.90. The molecule has 26 heavy (non-hydrogen) atoms. The molecular formula is C20H15ClFNO3. The Morgan fingerprint density at radius 2 is 1.77 bits per heavy atom. The molecule has 1 N–H and O–H groups in total. The summed E-state index contributed by atoms with van der Waals surface area (Å²) in [5.41, 5.74) is 0.181. The molecule has 0 bridgehead atoms. The van der Waals surface area contributed by atoms with Gasteiger partial charge in [0.15, 0.2) is 6.10 Å². The molecule has 0 spiro atoms. The van der Waals surface area contributed by atoms with Gasteiger partial charge in [-0.1, -0.05) is 48.0 Å². The van der Waals surface area contributed by atoms with E-state index >= 15 is 0 Å². The highest BCUT2D eigenvalue weighted by molar-refractivity contribution is 6.33. The summed E-state index contributed by atoms with van der Waals surface area (Å²) in [5, 5.41) is 4.61. The summed E-state index contributed by atoms with van der Waals surface area (Å²) >= 11 is 5.83. The number of halogens is 2. The number of rotatable bonds is 4. The molecule has 0 unspecified atom stereocenters.